The van der Waals surface area contributed by atoms with Crippen LogP contribution >= 0.6 is 11.5 Å². The number of alkyl halides is 2. The van der Waals surface area contributed by atoms with Gasteiger partial charge in [-0.1, -0.05) is 0 Å². The predicted molar refractivity (Wildman–Crippen MR) is 124 cm³/mol. The van der Waals surface area contributed by atoms with Crippen LogP contribution in [0.15, 0.2) is 36.7 Å². The molecule has 1 saturated heterocycles. The minimum Gasteiger partial charge on any atom is -0.482 e. The first-order chi connectivity index (χ1) is 15.9. The summed E-state index contributed by atoms with van der Waals surface area (Å²) >= 11 is 1.19. The number of pyridine rings is 2. The molecule has 8 nitrogen and oxygen atoms in total. The first kappa shape index (κ1) is 21.9. The fourth-order valence-electron chi connectivity index (χ4n) is 3.92. The van der Waals surface area contributed by atoms with Gasteiger partial charge in [-0.2, -0.15) is 9.36 Å². The number of nitrogens with one attached hydrogen (secondary N) is 1. The highest BCUT2D eigenvalue weighted by molar-refractivity contribution is 7.09. The molecular formula is C22H25F2N7OS. The molecule has 174 valence electrons. The van der Waals surface area contributed by atoms with Crippen LogP contribution in [0.25, 0.3) is 11.5 Å². The van der Waals surface area contributed by atoms with Crippen LogP contribution in [0.4, 0.5) is 25.4 Å². The Morgan fingerprint density at radius 1 is 1.18 bits per heavy atom. The number of aromatic nitrogens is 4. The number of hydrogen-bond acceptors (Lipinski definition) is 9. The van der Waals surface area contributed by atoms with Crippen molar-refractivity contribution in [2.24, 2.45) is 0 Å². The van der Waals surface area contributed by atoms with E-state index in [4.69, 9.17) is 4.74 Å². The predicted octanol–water partition coefficient (Wildman–Crippen LogP) is 4.06. The molecule has 1 aliphatic carbocycles. The maximum Gasteiger partial charge on any atom is 0.296 e. The summed E-state index contributed by atoms with van der Waals surface area (Å²) < 4.78 is 39.1. The third-order valence-electron chi connectivity index (χ3n) is 5.79. The van der Waals surface area contributed by atoms with E-state index in [1.54, 1.807) is 18.3 Å². The minimum atomic E-state index is -2.88. The zero-order chi connectivity index (χ0) is 23.0. The number of halogens is 2. The van der Waals surface area contributed by atoms with Gasteiger partial charge in [0.2, 0.25) is 5.13 Å². The van der Waals surface area contributed by atoms with Crippen molar-refractivity contribution >= 4 is 28.2 Å². The van der Waals surface area contributed by atoms with Crippen molar-refractivity contribution in [1.29, 1.82) is 0 Å². The molecule has 2 aliphatic rings. The first-order valence-corrected chi connectivity index (χ1v) is 11.6. The largest absolute Gasteiger partial charge is 0.482 e. The van der Waals surface area contributed by atoms with Crippen LogP contribution in [0.3, 0.4) is 0 Å². The third-order valence-corrected chi connectivity index (χ3v) is 6.42. The lowest BCUT2D eigenvalue weighted by Crippen LogP contribution is -2.54. The quantitative estimate of drug-likeness (QED) is 0.551. The second-order valence-corrected chi connectivity index (χ2v) is 9.30. The van der Waals surface area contributed by atoms with E-state index in [0.717, 1.165) is 18.5 Å². The Morgan fingerprint density at radius 2 is 2.03 bits per heavy atom. The van der Waals surface area contributed by atoms with Crippen LogP contribution in [0.5, 0.6) is 5.75 Å². The number of anilines is 3. The Labute approximate surface area is 194 Å². The van der Waals surface area contributed by atoms with Gasteiger partial charge in [0, 0.05) is 50.8 Å². The van der Waals surface area contributed by atoms with Crippen molar-refractivity contribution in [3.8, 4) is 17.3 Å². The molecule has 1 aliphatic heterocycles. The zero-order valence-electron chi connectivity index (χ0n) is 18.4. The zero-order valence-corrected chi connectivity index (χ0v) is 19.2. The maximum absolute atomic E-state index is 14.6. The van der Waals surface area contributed by atoms with Gasteiger partial charge in [0.15, 0.2) is 17.7 Å². The molecule has 1 unspecified atom stereocenters. The van der Waals surface area contributed by atoms with Crippen LogP contribution in [-0.2, 0) is 0 Å². The summed E-state index contributed by atoms with van der Waals surface area (Å²) in [6.45, 7) is 0.402. The second kappa shape index (κ2) is 8.79. The highest BCUT2D eigenvalue weighted by atomic mass is 32.1. The average molecular weight is 474 g/mol. The van der Waals surface area contributed by atoms with Gasteiger partial charge in [0.05, 0.1) is 18.4 Å². The van der Waals surface area contributed by atoms with E-state index in [9.17, 15) is 8.78 Å². The van der Waals surface area contributed by atoms with Crippen LogP contribution in [0, 0.1) is 0 Å². The van der Waals surface area contributed by atoms with Gasteiger partial charge in [0.1, 0.15) is 11.4 Å². The third kappa shape index (κ3) is 4.88. The average Bonchev–Trinajstić information content (AvgIpc) is 3.55. The van der Waals surface area contributed by atoms with E-state index in [-0.39, 0.29) is 6.54 Å². The maximum atomic E-state index is 14.6. The normalized spacial score (nSPS) is 20.4. The van der Waals surface area contributed by atoms with E-state index in [1.807, 2.05) is 36.0 Å². The molecular weight excluding hydrogens is 448 g/mol. The van der Waals surface area contributed by atoms with E-state index in [0.29, 0.717) is 47.2 Å². The van der Waals surface area contributed by atoms with E-state index in [1.165, 1.54) is 17.7 Å². The SMILES string of the molecule is CN(C)c1cccnc1Nc1nc(-c2ccc(OC3CCN(C4CC4)CC3(F)F)cn2)ns1. The molecule has 5 rings (SSSR count). The number of ether oxygens (including phenoxy) is 1. The van der Waals surface area contributed by atoms with Crippen molar-refractivity contribution < 1.29 is 13.5 Å². The molecule has 0 radical (unpaired) electrons. The summed E-state index contributed by atoms with van der Waals surface area (Å²) in [6.07, 6.45) is 4.36. The summed E-state index contributed by atoms with van der Waals surface area (Å²) in [7, 11) is 3.88. The van der Waals surface area contributed by atoms with Crippen molar-refractivity contribution in [2.75, 3.05) is 37.4 Å². The molecule has 3 aromatic heterocycles. The molecule has 4 heterocycles. The van der Waals surface area contributed by atoms with Gasteiger partial charge in [0.25, 0.3) is 5.92 Å². The number of nitrogens with zero attached hydrogens (tertiary/aromatic N) is 6. The summed E-state index contributed by atoms with van der Waals surface area (Å²) in [5, 5.41) is 3.77. The fraction of sp³-hybridized carbons (Fsp3) is 0.455. The van der Waals surface area contributed by atoms with Crippen molar-refractivity contribution in [3.05, 3.63) is 36.7 Å². The van der Waals surface area contributed by atoms with Crippen molar-refractivity contribution in [2.45, 2.75) is 37.3 Å². The highest BCUT2D eigenvalue weighted by Gasteiger charge is 2.49. The molecule has 11 heteroatoms. The smallest absolute Gasteiger partial charge is 0.296 e. The Bertz CT molecular complexity index is 1100. The Kier molecular flexibility index (Phi) is 5.83. The lowest BCUT2D eigenvalue weighted by atomic mass is 10.0. The summed E-state index contributed by atoms with van der Waals surface area (Å²) in [6, 6.07) is 7.48. The fourth-order valence-corrected chi connectivity index (χ4v) is 4.50. The van der Waals surface area contributed by atoms with Crippen LogP contribution in [-0.4, -0.2) is 69.5 Å². The van der Waals surface area contributed by atoms with Gasteiger partial charge >= 0.3 is 0 Å². The van der Waals surface area contributed by atoms with Gasteiger partial charge in [-0.15, -0.1) is 0 Å². The lowest BCUT2D eigenvalue weighted by molar-refractivity contribution is -0.141. The number of likely N-dealkylation sites (tertiary alicyclic amines) is 1. The second-order valence-electron chi connectivity index (χ2n) is 8.55. The molecule has 0 bridgehead atoms. The van der Waals surface area contributed by atoms with E-state index < -0.39 is 12.0 Å². The molecule has 3 aromatic rings. The van der Waals surface area contributed by atoms with Gasteiger partial charge in [-0.25, -0.2) is 18.7 Å². The lowest BCUT2D eigenvalue weighted by Gasteiger charge is -2.38. The molecule has 0 spiro atoms. The van der Waals surface area contributed by atoms with Crippen molar-refractivity contribution in [3.63, 3.8) is 0 Å². The highest BCUT2D eigenvalue weighted by Crippen LogP contribution is 2.37. The molecule has 1 atom stereocenters. The molecule has 0 aromatic carbocycles. The molecule has 2 fully saturated rings. The Balaban J connectivity index is 1.24. The monoisotopic (exact) mass is 473 g/mol. The van der Waals surface area contributed by atoms with E-state index >= 15 is 0 Å². The molecule has 1 saturated carbocycles. The van der Waals surface area contributed by atoms with Crippen LogP contribution < -0.4 is 15.0 Å². The van der Waals surface area contributed by atoms with Gasteiger partial charge in [-0.3, -0.25) is 4.90 Å². The molecule has 0 amide bonds. The summed E-state index contributed by atoms with van der Waals surface area (Å²) in [5.41, 5.74) is 1.46. The van der Waals surface area contributed by atoms with Crippen LogP contribution in [0.1, 0.15) is 19.3 Å². The van der Waals surface area contributed by atoms with Gasteiger partial charge < -0.3 is 15.0 Å². The Morgan fingerprint density at radius 3 is 2.73 bits per heavy atom. The molecule has 33 heavy (non-hydrogen) atoms. The van der Waals surface area contributed by atoms with E-state index in [2.05, 4.69) is 24.6 Å². The summed E-state index contributed by atoms with van der Waals surface area (Å²) in [4.78, 5) is 17.0. The molecule has 1 N–H and O–H groups in total. The minimum absolute atomic E-state index is 0.238. The summed E-state index contributed by atoms with van der Waals surface area (Å²) in [5.74, 6) is -1.44. The standard InChI is InChI=1S/C22H25F2N7OS/c1-30(2)17-4-3-10-25-20(17)28-21-27-19(29-33-21)16-8-7-15(12-26-16)32-18-9-11-31(14-5-6-14)13-22(18,23)24/h3-4,7-8,10,12,14,18H,5-6,9,11,13H2,1-2H3,(H,25,27,28,29). The number of hydrogen-bond donors (Lipinski definition) is 1. The van der Waals surface area contributed by atoms with Crippen LogP contribution in [0.2, 0.25) is 0 Å². The van der Waals surface area contributed by atoms with Gasteiger partial charge in [-0.05, 0) is 37.1 Å². The Hall–Kier alpha value is -2.92. The van der Waals surface area contributed by atoms with Crippen molar-refractivity contribution in [1.82, 2.24) is 24.2 Å². The number of rotatable bonds is 7. The number of piperidine rings is 1. The first-order valence-electron chi connectivity index (χ1n) is 10.9. The topological polar surface area (TPSA) is 79.3 Å².